The summed E-state index contributed by atoms with van der Waals surface area (Å²) in [6.07, 6.45) is 53.9. The van der Waals surface area contributed by atoms with Crippen molar-refractivity contribution in [3.8, 4) is 0 Å². The van der Waals surface area contributed by atoms with Gasteiger partial charge in [-0.3, -0.25) is 4.79 Å². The number of rotatable bonds is 67. The first-order chi connectivity index (χ1) is 49.8. The van der Waals surface area contributed by atoms with E-state index in [-0.39, 0.29) is 18.9 Å². The van der Waals surface area contributed by atoms with E-state index in [4.69, 9.17) is 28.4 Å². The van der Waals surface area contributed by atoms with Crippen LogP contribution in [0.2, 0.25) is 0 Å². The highest BCUT2D eigenvalue weighted by molar-refractivity contribution is 5.76. The number of amides is 1. The Bertz CT molecular complexity index is 2030. The van der Waals surface area contributed by atoms with Gasteiger partial charge in [0.15, 0.2) is 18.9 Å². The highest BCUT2D eigenvalue weighted by Crippen LogP contribution is 2.33. The first-order valence-corrected chi connectivity index (χ1v) is 41.9. The molecule has 19 nitrogen and oxygen atoms in total. The fourth-order valence-electron chi connectivity index (χ4n) is 14.1. The molecule has 3 aliphatic heterocycles. The SMILES string of the molecule is CCCCCCC/C=C\C/C=C\C/C=C\CCCCCCCCCCCCCCCCCCCCCCC(=O)NC(COC1OC(CO)C(OC2OC(CO)C(OC3OC(CO)C(O)C(O)C3O)C(O)C2O)C(O)C1O)C(O)/C=C/CCCCCCCCCCCCCCCCCCCCCC. The lowest BCUT2D eigenvalue weighted by Crippen LogP contribution is -2.66. The zero-order valence-electron chi connectivity index (χ0n) is 64.1. The standard InChI is InChI=1S/C83H153NO18/c1-3-5-7-9-11-13-15-17-19-21-23-25-27-28-29-30-31-32-33-34-35-36-37-38-39-41-43-45-47-49-51-53-55-57-59-61-71(89)84-66(67(88)60-58-56-54-52-50-48-46-44-42-40-26-24-22-20-18-16-14-12-10-8-6-4-2)65-97-81-77(95)74(92)79(69(63-86)99-81)102-83-78(96)75(93)80(70(64-87)100-83)101-82-76(94)73(91)72(90)68(62-85)98-82/h15,17,21,23,27-28,58,60,66-70,72-83,85-88,90-96H,3-14,16,18-20,22,24-26,29-57,59,61-65H2,1-2H3,(H,84,89)/b17-15-,23-21-,28-27-,60-58+. The third-order valence-electron chi connectivity index (χ3n) is 20.9. The molecule has 0 saturated carbocycles. The van der Waals surface area contributed by atoms with Gasteiger partial charge in [0.05, 0.1) is 38.6 Å². The van der Waals surface area contributed by atoms with E-state index in [0.29, 0.717) is 6.42 Å². The molecule has 0 radical (unpaired) electrons. The van der Waals surface area contributed by atoms with Gasteiger partial charge in [-0.05, 0) is 57.8 Å². The number of ether oxygens (including phenoxy) is 6. The van der Waals surface area contributed by atoms with Crippen LogP contribution in [0.25, 0.3) is 0 Å². The van der Waals surface area contributed by atoms with Crippen molar-refractivity contribution < 1.29 is 89.4 Å². The molecule has 3 rings (SSSR count). The molecule has 17 unspecified atom stereocenters. The van der Waals surface area contributed by atoms with Crippen molar-refractivity contribution in [2.24, 2.45) is 0 Å². The zero-order valence-corrected chi connectivity index (χ0v) is 64.1. The molecule has 598 valence electrons. The molecule has 12 N–H and O–H groups in total. The van der Waals surface area contributed by atoms with Gasteiger partial charge in [-0.15, -0.1) is 0 Å². The van der Waals surface area contributed by atoms with E-state index in [1.54, 1.807) is 6.08 Å². The molecule has 0 aliphatic carbocycles. The number of aliphatic hydroxyl groups is 11. The molecular weight excluding hydrogens is 1300 g/mol. The number of nitrogens with one attached hydrogen (secondary N) is 1. The molecule has 19 heteroatoms. The Hall–Kier alpha value is -2.25. The van der Waals surface area contributed by atoms with Gasteiger partial charge in [0.1, 0.15) is 73.2 Å². The second-order valence-electron chi connectivity index (χ2n) is 29.9. The van der Waals surface area contributed by atoms with Gasteiger partial charge in [-0.25, -0.2) is 0 Å². The molecule has 0 bridgehead atoms. The van der Waals surface area contributed by atoms with E-state index in [1.165, 1.54) is 257 Å². The molecule has 0 aromatic carbocycles. The van der Waals surface area contributed by atoms with Crippen LogP contribution in [0.5, 0.6) is 0 Å². The number of carbonyl (C=O) groups is 1. The third kappa shape index (κ3) is 43.1. The quantitative estimate of drug-likeness (QED) is 0.0199. The summed E-state index contributed by atoms with van der Waals surface area (Å²) in [5.74, 6) is -0.270. The minimum absolute atomic E-state index is 0.246. The first kappa shape index (κ1) is 94.0. The van der Waals surface area contributed by atoms with Gasteiger partial charge < -0.3 is 89.9 Å². The third-order valence-corrected chi connectivity index (χ3v) is 20.9. The Balaban J connectivity index is 1.34. The van der Waals surface area contributed by atoms with Crippen LogP contribution in [0.4, 0.5) is 0 Å². The molecule has 0 aromatic rings. The zero-order chi connectivity index (χ0) is 73.9. The molecule has 1 amide bonds. The summed E-state index contributed by atoms with van der Waals surface area (Å²) in [4.78, 5) is 13.5. The lowest BCUT2D eigenvalue weighted by atomic mass is 9.96. The molecule has 3 fully saturated rings. The van der Waals surface area contributed by atoms with Gasteiger partial charge in [0.25, 0.3) is 0 Å². The molecular formula is C83H153NO18. The van der Waals surface area contributed by atoms with Crippen molar-refractivity contribution in [2.75, 3.05) is 26.4 Å². The Morgan fingerprint density at radius 3 is 1.01 bits per heavy atom. The maximum Gasteiger partial charge on any atom is 0.220 e. The fourth-order valence-corrected chi connectivity index (χ4v) is 14.1. The number of allylic oxidation sites excluding steroid dienone is 7. The molecule has 0 aromatic heterocycles. The maximum atomic E-state index is 13.5. The molecule has 17 atom stereocenters. The maximum absolute atomic E-state index is 13.5. The first-order valence-electron chi connectivity index (χ1n) is 41.9. The van der Waals surface area contributed by atoms with Crippen LogP contribution < -0.4 is 5.32 Å². The fraction of sp³-hybridized carbons (Fsp3) is 0.892. The molecule has 3 aliphatic rings. The Morgan fingerprint density at radius 1 is 0.353 bits per heavy atom. The van der Waals surface area contributed by atoms with Crippen molar-refractivity contribution in [3.63, 3.8) is 0 Å². The van der Waals surface area contributed by atoms with E-state index in [0.717, 1.165) is 57.8 Å². The summed E-state index contributed by atoms with van der Waals surface area (Å²) < 4.78 is 34.5. The lowest BCUT2D eigenvalue weighted by Gasteiger charge is -2.48. The number of aliphatic hydroxyl groups excluding tert-OH is 11. The Morgan fingerprint density at radius 2 is 0.647 bits per heavy atom. The monoisotopic (exact) mass is 1450 g/mol. The largest absolute Gasteiger partial charge is 0.394 e. The predicted molar refractivity (Wildman–Crippen MR) is 406 cm³/mol. The molecule has 3 heterocycles. The summed E-state index contributed by atoms with van der Waals surface area (Å²) >= 11 is 0. The van der Waals surface area contributed by atoms with E-state index in [1.807, 2.05) is 6.08 Å². The number of unbranched alkanes of at least 4 members (excludes halogenated alkanes) is 45. The highest BCUT2D eigenvalue weighted by atomic mass is 16.8. The van der Waals surface area contributed by atoms with Crippen molar-refractivity contribution >= 4 is 5.91 Å². The minimum atomic E-state index is -1.98. The van der Waals surface area contributed by atoms with Gasteiger partial charge in [0, 0.05) is 6.42 Å². The summed E-state index contributed by atoms with van der Waals surface area (Å²) in [7, 11) is 0. The summed E-state index contributed by atoms with van der Waals surface area (Å²) in [6, 6.07) is -0.974. The second-order valence-corrected chi connectivity index (χ2v) is 29.9. The summed E-state index contributed by atoms with van der Waals surface area (Å²) in [6.45, 7) is 1.77. The van der Waals surface area contributed by atoms with Gasteiger partial charge in [-0.1, -0.05) is 326 Å². The molecule has 102 heavy (non-hydrogen) atoms. The van der Waals surface area contributed by atoms with Crippen LogP contribution in [-0.4, -0.2) is 193 Å². The van der Waals surface area contributed by atoms with Gasteiger partial charge in [-0.2, -0.15) is 0 Å². The van der Waals surface area contributed by atoms with Gasteiger partial charge in [0.2, 0.25) is 5.91 Å². The normalized spacial score (nSPS) is 26.4. The van der Waals surface area contributed by atoms with Crippen LogP contribution in [0, 0.1) is 0 Å². The van der Waals surface area contributed by atoms with Crippen molar-refractivity contribution in [2.45, 2.75) is 446 Å². The predicted octanol–water partition coefficient (Wildman–Crippen LogP) is 14.5. The number of hydrogen-bond acceptors (Lipinski definition) is 18. The average Bonchev–Trinajstić information content (AvgIpc) is 0.781. The number of carbonyl (C=O) groups excluding carboxylic acids is 1. The van der Waals surface area contributed by atoms with Crippen LogP contribution >= 0.6 is 0 Å². The van der Waals surface area contributed by atoms with Crippen molar-refractivity contribution in [1.82, 2.24) is 5.32 Å². The van der Waals surface area contributed by atoms with Crippen LogP contribution in [0.3, 0.4) is 0 Å². The van der Waals surface area contributed by atoms with Crippen molar-refractivity contribution in [3.05, 3.63) is 48.6 Å². The average molecular weight is 1450 g/mol. The van der Waals surface area contributed by atoms with Crippen molar-refractivity contribution in [1.29, 1.82) is 0 Å². The molecule has 0 spiro atoms. The van der Waals surface area contributed by atoms with Crippen LogP contribution in [0.1, 0.15) is 341 Å². The number of hydrogen-bond donors (Lipinski definition) is 12. The Labute approximate surface area is 618 Å². The minimum Gasteiger partial charge on any atom is -0.394 e. The van der Waals surface area contributed by atoms with Crippen LogP contribution in [0.15, 0.2) is 48.6 Å². The summed E-state index contributed by atoms with van der Waals surface area (Å²) in [5.41, 5.74) is 0. The van der Waals surface area contributed by atoms with E-state index in [2.05, 4.69) is 55.6 Å². The van der Waals surface area contributed by atoms with Crippen LogP contribution in [-0.2, 0) is 33.2 Å². The highest BCUT2D eigenvalue weighted by Gasteiger charge is 2.54. The Kier molecular flexibility index (Phi) is 58.6. The van der Waals surface area contributed by atoms with Gasteiger partial charge >= 0.3 is 0 Å². The summed E-state index contributed by atoms with van der Waals surface area (Å²) in [5, 5.41) is 121. The topological polar surface area (TPSA) is 307 Å². The van der Waals surface area contributed by atoms with E-state index >= 15 is 0 Å². The lowest BCUT2D eigenvalue weighted by molar-refractivity contribution is -0.379. The van der Waals surface area contributed by atoms with E-state index < -0.39 is 124 Å². The second kappa shape index (κ2) is 63.7. The molecule has 3 saturated heterocycles. The van der Waals surface area contributed by atoms with E-state index in [9.17, 15) is 61.0 Å². The smallest absolute Gasteiger partial charge is 0.220 e.